The molecule has 6 nitrogen and oxygen atoms in total. The maximum absolute atomic E-state index is 15.1. The summed E-state index contributed by atoms with van der Waals surface area (Å²) < 4.78 is 30.6. The van der Waals surface area contributed by atoms with Gasteiger partial charge in [0.2, 0.25) is 5.43 Å². The van der Waals surface area contributed by atoms with Gasteiger partial charge in [0.1, 0.15) is 17.0 Å². The van der Waals surface area contributed by atoms with Gasteiger partial charge >= 0.3 is 5.97 Å². The molecular formula is C24H20ClF2N3O3. The van der Waals surface area contributed by atoms with Crippen LogP contribution in [-0.4, -0.2) is 45.9 Å². The highest BCUT2D eigenvalue weighted by Crippen LogP contribution is 2.52. The second-order valence-electron chi connectivity index (χ2n) is 8.45. The first-order valence-electron chi connectivity index (χ1n) is 10.6. The van der Waals surface area contributed by atoms with Gasteiger partial charge in [-0.25, -0.2) is 13.6 Å². The first kappa shape index (κ1) is 21.7. The number of hydrogen-bond donors (Lipinski definition) is 1. The van der Waals surface area contributed by atoms with E-state index in [1.165, 1.54) is 10.8 Å². The molecule has 5 rings (SSSR count). The van der Waals surface area contributed by atoms with Crippen LogP contribution in [0.15, 0.2) is 52.4 Å². The molecule has 1 N–H and O–H groups in total. The molecule has 1 saturated carbocycles. The van der Waals surface area contributed by atoms with Crippen molar-refractivity contribution in [2.75, 3.05) is 13.1 Å². The van der Waals surface area contributed by atoms with E-state index in [1.54, 1.807) is 18.3 Å². The fourth-order valence-electron chi connectivity index (χ4n) is 4.82. The topological polar surface area (TPSA) is 74.9 Å². The Kier molecular flexibility index (Phi) is 5.29. The Hall–Kier alpha value is -3.10. The first-order valence-corrected chi connectivity index (χ1v) is 11.0. The van der Waals surface area contributed by atoms with Crippen molar-refractivity contribution in [1.29, 1.82) is 0 Å². The molecule has 9 heteroatoms. The standard InChI is InChI=1S/C24H20ClF2N3O3/c25-15-5-3-14(4-6-15)12-28-20-11-24(20,29-7-1-2-8-29)30-13-18(23(32)33)22(31)17-9-16(26)10-19(27)21(17)30/h3-6,9-10,12-13,20H,1-2,7-8,11H2,(H,32,33). The minimum absolute atomic E-state index is 0.109. The van der Waals surface area contributed by atoms with Gasteiger partial charge in [0.05, 0.1) is 16.9 Å². The summed E-state index contributed by atoms with van der Waals surface area (Å²) in [5, 5.41) is 9.94. The molecule has 1 aliphatic carbocycles. The predicted molar refractivity (Wildman–Crippen MR) is 121 cm³/mol. The lowest BCUT2D eigenvalue weighted by molar-refractivity contribution is 0.0693. The smallest absolute Gasteiger partial charge is 0.341 e. The summed E-state index contributed by atoms with van der Waals surface area (Å²) in [5.74, 6) is -3.29. The molecule has 2 atom stereocenters. The van der Waals surface area contributed by atoms with Crippen molar-refractivity contribution in [2.24, 2.45) is 4.99 Å². The Balaban J connectivity index is 1.69. The molecule has 170 valence electrons. The van der Waals surface area contributed by atoms with E-state index in [2.05, 4.69) is 4.90 Å². The van der Waals surface area contributed by atoms with Crippen molar-refractivity contribution in [3.8, 4) is 0 Å². The quantitative estimate of drug-likeness (QED) is 0.564. The van der Waals surface area contributed by atoms with Crippen LogP contribution in [0.5, 0.6) is 0 Å². The van der Waals surface area contributed by atoms with Gasteiger partial charge in [0.15, 0.2) is 5.82 Å². The number of nitrogens with zero attached hydrogens (tertiary/aromatic N) is 3. The van der Waals surface area contributed by atoms with Crippen LogP contribution < -0.4 is 5.43 Å². The zero-order chi connectivity index (χ0) is 23.3. The third kappa shape index (κ3) is 3.63. The zero-order valence-corrected chi connectivity index (χ0v) is 18.2. The molecule has 33 heavy (non-hydrogen) atoms. The molecule has 2 unspecified atom stereocenters. The van der Waals surface area contributed by atoms with Crippen molar-refractivity contribution < 1.29 is 18.7 Å². The molecule has 2 heterocycles. The largest absolute Gasteiger partial charge is 0.477 e. The SMILES string of the molecule is O=C(O)c1cn(C2(N3CCCC3)CC2N=Cc2ccc(Cl)cc2)c2c(F)cc(F)cc2c1=O. The average Bonchev–Trinajstić information content (AvgIpc) is 3.22. The van der Waals surface area contributed by atoms with E-state index in [-0.39, 0.29) is 16.9 Å². The number of pyridine rings is 1. The van der Waals surface area contributed by atoms with Gasteiger partial charge in [-0.1, -0.05) is 23.7 Å². The highest BCUT2D eigenvalue weighted by atomic mass is 35.5. The van der Waals surface area contributed by atoms with Gasteiger partial charge in [-0.2, -0.15) is 0 Å². The molecule has 1 aromatic heterocycles. The maximum atomic E-state index is 15.1. The molecule has 2 aliphatic rings. The summed E-state index contributed by atoms with van der Waals surface area (Å²) >= 11 is 5.94. The van der Waals surface area contributed by atoms with Crippen molar-refractivity contribution in [3.63, 3.8) is 0 Å². The molecule has 1 saturated heterocycles. The fourth-order valence-corrected chi connectivity index (χ4v) is 4.94. The zero-order valence-electron chi connectivity index (χ0n) is 17.5. The van der Waals surface area contributed by atoms with Crippen LogP contribution in [0.3, 0.4) is 0 Å². The van der Waals surface area contributed by atoms with Crippen molar-refractivity contribution in [3.05, 3.63) is 80.6 Å². The number of aromatic nitrogens is 1. The molecule has 0 bridgehead atoms. The molecule has 0 radical (unpaired) electrons. The van der Waals surface area contributed by atoms with E-state index in [4.69, 9.17) is 16.6 Å². The predicted octanol–water partition coefficient (Wildman–Crippen LogP) is 4.27. The second-order valence-corrected chi connectivity index (χ2v) is 8.89. The highest BCUT2D eigenvalue weighted by Gasteiger charge is 2.61. The summed E-state index contributed by atoms with van der Waals surface area (Å²) in [6, 6.07) is 8.46. The summed E-state index contributed by atoms with van der Waals surface area (Å²) in [6.07, 6.45) is 5.28. The lowest BCUT2D eigenvalue weighted by Gasteiger charge is -2.32. The van der Waals surface area contributed by atoms with Gasteiger partial charge in [0.25, 0.3) is 0 Å². The molecule has 1 aliphatic heterocycles. The van der Waals surface area contributed by atoms with E-state index < -0.39 is 34.3 Å². The molecule has 0 spiro atoms. The van der Waals surface area contributed by atoms with Gasteiger partial charge in [-0.15, -0.1) is 0 Å². The third-order valence-electron chi connectivity index (χ3n) is 6.46. The average molecular weight is 472 g/mol. The summed E-state index contributed by atoms with van der Waals surface area (Å²) in [4.78, 5) is 31.4. The Morgan fingerprint density at radius 3 is 2.55 bits per heavy atom. The van der Waals surface area contributed by atoms with Gasteiger partial charge in [0, 0.05) is 43.0 Å². The van der Waals surface area contributed by atoms with Crippen LogP contribution >= 0.6 is 11.6 Å². The summed E-state index contributed by atoms with van der Waals surface area (Å²) in [6.45, 7) is 1.46. The normalized spacial score (nSPS) is 22.9. The number of rotatable bonds is 5. The number of likely N-dealkylation sites (tertiary alicyclic amines) is 1. The Labute approximate surface area is 192 Å². The number of aliphatic imine (C=N–C) groups is 1. The molecular weight excluding hydrogens is 452 g/mol. The lowest BCUT2D eigenvalue weighted by atomic mass is 10.1. The first-order chi connectivity index (χ1) is 15.8. The number of carboxylic acid groups (broad SMARTS) is 1. The number of carbonyl (C=O) groups is 1. The van der Waals surface area contributed by atoms with Crippen LogP contribution in [0, 0.1) is 11.6 Å². The highest BCUT2D eigenvalue weighted by molar-refractivity contribution is 6.30. The van der Waals surface area contributed by atoms with E-state index in [1.807, 2.05) is 12.1 Å². The van der Waals surface area contributed by atoms with E-state index >= 15 is 4.39 Å². The minimum Gasteiger partial charge on any atom is -0.477 e. The number of halogens is 3. The number of benzene rings is 2. The van der Waals surface area contributed by atoms with Gasteiger partial charge in [-0.05, 0) is 36.6 Å². The monoisotopic (exact) mass is 471 g/mol. The van der Waals surface area contributed by atoms with Crippen molar-refractivity contribution in [1.82, 2.24) is 9.47 Å². The van der Waals surface area contributed by atoms with E-state index in [0.29, 0.717) is 17.5 Å². The van der Waals surface area contributed by atoms with Gasteiger partial charge < -0.3 is 9.67 Å². The molecule has 2 aromatic carbocycles. The van der Waals surface area contributed by atoms with Crippen LogP contribution in [-0.2, 0) is 5.66 Å². The number of carboxylic acids is 1. The second kappa shape index (κ2) is 8.04. The Morgan fingerprint density at radius 1 is 1.18 bits per heavy atom. The van der Waals surface area contributed by atoms with Crippen LogP contribution in [0.25, 0.3) is 10.9 Å². The fraction of sp³-hybridized carbons (Fsp3) is 0.292. The molecule has 0 amide bonds. The number of hydrogen-bond acceptors (Lipinski definition) is 4. The minimum atomic E-state index is -1.45. The van der Waals surface area contributed by atoms with E-state index in [0.717, 1.165) is 37.6 Å². The molecule has 2 fully saturated rings. The Morgan fingerprint density at radius 2 is 1.88 bits per heavy atom. The van der Waals surface area contributed by atoms with Crippen LogP contribution in [0.2, 0.25) is 5.02 Å². The number of aromatic carboxylic acids is 1. The summed E-state index contributed by atoms with van der Waals surface area (Å²) in [5.41, 5.74) is -1.55. The van der Waals surface area contributed by atoms with Crippen molar-refractivity contribution in [2.45, 2.75) is 31.0 Å². The van der Waals surface area contributed by atoms with E-state index in [9.17, 15) is 19.1 Å². The maximum Gasteiger partial charge on any atom is 0.341 e. The van der Waals surface area contributed by atoms with Crippen LogP contribution in [0.4, 0.5) is 8.78 Å². The van der Waals surface area contributed by atoms with Gasteiger partial charge in [-0.3, -0.25) is 14.7 Å². The third-order valence-corrected chi connectivity index (χ3v) is 6.71. The number of fused-ring (bicyclic) bond motifs is 1. The molecule has 3 aromatic rings. The van der Waals surface area contributed by atoms with Crippen molar-refractivity contribution >= 4 is 34.7 Å². The summed E-state index contributed by atoms with van der Waals surface area (Å²) in [7, 11) is 0. The van der Waals surface area contributed by atoms with Crippen LogP contribution in [0.1, 0.15) is 35.2 Å². The Bertz CT molecular complexity index is 1350. The lowest BCUT2D eigenvalue weighted by Crippen LogP contribution is -2.42.